The van der Waals surface area contributed by atoms with Gasteiger partial charge in [0.1, 0.15) is 5.82 Å². The molecule has 1 saturated carbocycles. The molecule has 1 fully saturated rings. The minimum Gasteiger partial charge on any atom is -0.326 e. The molecule has 2 aromatic carbocycles. The van der Waals surface area contributed by atoms with Gasteiger partial charge >= 0.3 is 0 Å². The van der Waals surface area contributed by atoms with Crippen molar-refractivity contribution in [3.8, 4) is 0 Å². The minimum absolute atomic E-state index is 0.147. The van der Waals surface area contributed by atoms with E-state index in [0.717, 1.165) is 35.1 Å². The topological polar surface area (TPSA) is 66.9 Å². The van der Waals surface area contributed by atoms with Crippen molar-refractivity contribution in [2.45, 2.75) is 17.7 Å². The zero-order valence-electron chi connectivity index (χ0n) is 16.4. The van der Waals surface area contributed by atoms with Gasteiger partial charge in [-0.25, -0.2) is 4.98 Å². The Hall–Kier alpha value is -3.38. The Labute approximate surface area is 180 Å². The number of hydrogen-bond donors (Lipinski definition) is 2. The molecular weight excluding hydrogens is 392 g/mol. The molecule has 1 aliphatic carbocycles. The Morgan fingerprint density at radius 3 is 2.50 bits per heavy atom. The molecule has 6 heteroatoms. The summed E-state index contributed by atoms with van der Waals surface area (Å²) in [5, 5.41) is 5.13. The van der Waals surface area contributed by atoms with Crippen LogP contribution in [-0.2, 0) is 4.79 Å². The second kappa shape index (κ2) is 9.89. The average molecular weight is 415 g/mol. The molecule has 0 radical (unpaired) electrons. The van der Waals surface area contributed by atoms with Gasteiger partial charge in [0.05, 0.1) is 0 Å². The van der Waals surface area contributed by atoms with Gasteiger partial charge < -0.3 is 10.0 Å². The summed E-state index contributed by atoms with van der Waals surface area (Å²) in [6.45, 7) is 0. The van der Waals surface area contributed by atoms with Crippen molar-refractivity contribution in [3.05, 3.63) is 91.4 Å². The third-order valence-corrected chi connectivity index (χ3v) is 5.36. The number of aromatic nitrogens is 2. The third-order valence-electron chi connectivity index (χ3n) is 4.54. The number of benzene rings is 2. The van der Waals surface area contributed by atoms with Crippen LogP contribution in [0.25, 0.3) is 10.8 Å². The van der Waals surface area contributed by atoms with Crippen LogP contribution in [0.4, 0.5) is 11.5 Å². The number of fused-ring (bicyclic) bond motifs is 1. The van der Waals surface area contributed by atoms with Crippen molar-refractivity contribution in [3.63, 3.8) is 0 Å². The maximum Gasteiger partial charge on any atom is 0.227 e. The molecule has 2 N–H and O–H groups in total. The monoisotopic (exact) mass is 414 g/mol. The Balaban J connectivity index is 0.000000147. The smallest absolute Gasteiger partial charge is 0.227 e. The predicted octanol–water partition coefficient (Wildman–Crippen LogP) is 5.78. The summed E-state index contributed by atoms with van der Waals surface area (Å²) in [5.74, 6) is 1.27. The first-order chi connectivity index (χ1) is 14.8. The van der Waals surface area contributed by atoms with E-state index in [4.69, 9.17) is 0 Å². The molecule has 0 saturated heterocycles. The maximum atomic E-state index is 11.6. The number of nitrogens with zero attached hydrogens (tertiary/aromatic N) is 2. The van der Waals surface area contributed by atoms with Gasteiger partial charge in [-0.15, -0.1) is 0 Å². The lowest BCUT2D eigenvalue weighted by Gasteiger charge is -2.05. The van der Waals surface area contributed by atoms with E-state index < -0.39 is 0 Å². The van der Waals surface area contributed by atoms with Crippen molar-refractivity contribution in [2.24, 2.45) is 5.92 Å². The number of carbonyl (C=O) groups is 1. The molecule has 2 heterocycles. The summed E-state index contributed by atoms with van der Waals surface area (Å²) in [7, 11) is 0. The molecule has 1 amide bonds. The van der Waals surface area contributed by atoms with Crippen LogP contribution in [-0.4, -0.2) is 15.9 Å². The quantitative estimate of drug-likeness (QED) is 0.405. The fourth-order valence-electron chi connectivity index (χ4n) is 2.77. The van der Waals surface area contributed by atoms with Crippen LogP contribution in [0, 0.1) is 5.92 Å². The van der Waals surface area contributed by atoms with Crippen LogP contribution >= 0.6 is 11.9 Å². The molecule has 0 bridgehead atoms. The maximum absolute atomic E-state index is 11.6. The lowest BCUT2D eigenvalue weighted by atomic mass is 10.1. The Morgan fingerprint density at radius 1 is 0.900 bits per heavy atom. The van der Waals surface area contributed by atoms with Gasteiger partial charge in [-0.3, -0.25) is 9.78 Å². The first kappa shape index (κ1) is 19.9. The molecule has 0 unspecified atom stereocenters. The van der Waals surface area contributed by atoms with Crippen LogP contribution < -0.4 is 10.0 Å². The highest BCUT2D eigenvalue weighted by atomic mass is 32.2. The van der Waals surface area contributed by atoms with Crippen molar-refractivity contribution in [1.29, 1.82) is 0 Å². The highest BCUT2D eigenvalue weighted by molar-refractivity contribution is 8.00. The van der Waals surface area contributed by atoms with E-state index in [0.29, 0.717) is 0 Å². The van der Waals surface area contributed by atoms with Crippen LogP contribution in [0.3, 0.4) is 0 Å². The summed E-state index contributed by atoms with van der Waals surface area (Å²) in [6.07, 6.45) is 7.41. The van der Waals surface area contributed by atoms with Gasteiger partial charge in [-0.2, -0.15) is 0 Å². The fraction of sp³-hybridized carbons (Fsp3) is 0.125. The number of amides is 1. The Kier molecular flexibility index (Phi) is 6.57. The van der Waals surface area contributed by atoms with E-state index in [9.17, 15) is 4.79 Å². The van der Waals surface area contributed by atoms with E-state index in [-0.39, 0.29) is 11.8 Å². The molecule has 0 atom stereocenters. The number of nitrogens with one attached hydrogen (secondary N) is 2. The minimum atomic E-state index is 0.147. The van der Waals surface area contributed by atoms with Gasteiger partial charge in [0.2, 0.25) is 5.91 Å². The molecule has 2 aromatic heterocycles. The van der Waals surface area contributed by atoms with Gasteiger partial charge in [0.25, 0.3) is 0 Å². The summed E-state index contributed by atoms with van der Waals surface area (Å²) < 4.78 is 3.17. The van der Waals surface area contributed by atoms with Crippen LogP contribution in [0.15, 0.2) is 96.3 Å². The molecule has 4 aromatic rings. The van der Waals surface area contributed by atoms with Gasteiger partial charge in [0.15, 0.2) is 0 Å². The predicted molar refractivity (Wildman–Crippen MR) is 123 cm³/mol. The lowest BCUT2D eigenvalue weighted by molar-refractivity contribution is -0.117. The second-order valence-electron chi connectivity index (χ2n) is 6.93. The zero-order valence-corrected chi connectivity index (χ0v) is 17.2. The van der Waals surface area contributed by atoms with Crippen molar-refractivity contribution < 1.29 is 4.79 Å². The molecule has 30 heavy (non-hydrogen) atoms. The first-order valence-corrected chi connectivity index (χ1v) is 10.6. The lowest BCUT2D eigenvalue weighted by Crippen LogP contribution is -2.12. The van der Waals surface area contributed by atoms with Gasteiger partial charge in [0, 0.05) is 40.5 Å². The molecule has 0 spiro atoms. The summed E-state index contributed by atoms with van der Waals surface area (Å²) >= 11 is 1.56. The fourth-order valence-corrected chi connectivity index (χ4v) is 3.41. The van der Waals surface area contributed by atoms with Crippen molar-refractivity contribution in [1.82, 2.24) is 9.97 Å². The number of rotatable bonds is 5. The summed E-state index contributed by atoms with van der Waals surface area (Å²) in [5.41, 5.74) is 0.871. The molecule has 150 valence electrons. The second-order valence-corrected chi connectivity index (χ2v) is 7.81. The molecule has 1 aliphatic rings. The standard InChI is InChI=1S/C13H12N2O.C11H10N2S/c16-13(9-1-2-9)15-12-4-3-11-8-14-6-5-10(11)7-12;1-2-6-10(7-3-1)14-13-11-8-4-5-9-12-11/h3-9H,1-2H2,(H,15,16);1-9H,(H,12,13). The highest BCUT2D eigenvalue weighted by Gasteiger charge is 2.29. The van der Waals surface area contributed by atoms with E-state index in [1.807, 2.05) is 66.9 Å². The largest absolute Gasteiger partial charge is 0.326 e. The van der Waals surface area contributed by atoms with Gasteiger partial charge in [-0.1, -0.05) is 30.3 Å². The number of pyridine rings is 2. The zero-order chi connectivity index (χ0) is 20.6. The van der Waals surface area contributed by atoms with E-state index in [1.54, 1.807) is 24.3 Å². The summed E-state index contributed by atoms with van der Waals surface area (Å²) in [4.78, 5) is 21.0. The van der Waals surface area contributed by atoms with Crippen molar-refractivity contribution in [2.75, 3.05) is 10.0 Å². The van der Waals surface area contributed by atoms with E-state index in [2.05, 4.69) is 32.1 Å². The number of anilines is 2. The Morgan fingerprint density at radius 2 is 1.73 bits per heavy atom. The molecule has 5 nitrogen and oxygen atoms in total. The first-order valence-electron chi connectivity index (χ1n) is 9.81. The molecular formula is C24H22N4OS. The van der Waals surface area contributed by atoms with Crippen molar-refractivity contribution >= 4 is 40.1 Å². The van der Waals surface area contributed by atoms with E-state index >= 15 is 0 Å². The van der Waals surface area contributed by atoms with Crippen LogP contribution in [0.2, 0.25) is 0 Å². The SMILES string of the molecule is O=C(Nc1ccc2cnccc2c1)C1CC1.c1ccc(SNc2ccccn2)cc1. The number of hydrogen-bond acceptors (Lipinski definition) is 5. The summed E-state index contributed by atoms with van der Waals surface area (Å²) in [6, 6.07) is 23.8. The third kappa shape index (κ3) is 5.81. The van der Waals surface area contributed by atoms with Crippen LogP contribution in [0.5, 0.6) is 0 Å². The van der Waals surface area contributed by atoms with Gasteiger partial charge in [-0.05, 0) is 72.6 Å². The molecule has 0 aliphatic heterocycles. The highest BCUT2D eigenvalue weighted by Crippen LogP contribution is 2.30. The van der Waals surface area contributed by atoms with E-state index in [1.165, 1.54) is 4.90 Å². The number of carbonyl (C=O) groups excluding carboxylic acids is 1. The Bertz CT molecular complexity index is 1060. The molecule has 5 rings (SSSR count). The van der Waals surface area contributed by atoms with Crippen LogP contribution in [0.1, 0.15) is 12.8 Å². The average Bonchev–Trinajstić information content (AvgIpc) is 3.65. The normalized spacial score (nSPS) is 12.5.